The molecule has 1 N–H and O–H groups in total. The van der Waals surface area contributed by atoms with Gasteiger partial charge in [-0.1, -0.05) is 12.1 Å². The molecule has 0 bridgehead atoms. The fraction of sp³-hybridized carbons (Fsp3) is 0.467. The largest absolute Gasteiger partial charge is 0.465 e. The molecule has 1 heterocycles. The minimum Gasteiger partial charge on any atom is -0.465 e. The zero-order valence-corrected chi connectivity index (χ0v) is 12.1. The molecule has 0 radical (unpaired) electrons. The van der Waals surface area contributed by atoms with Crippen LogP contribution < -0.4 is 0 Å². The highest BCUT2D eigenvalue weighted by molar-refractivity contribution is 5.89. The van der Waals surface area contributed by atoms with Gasteiger partial charge in [0.1, 0.15) is 0 Å². The van der Waals surface area contributed by atoms with E-state index in [0.29, 0.717) is 12.0 Å². The maximum Gasteiger partial charge on any atom is 0.337 e. The average Bonchev–Trinajstić information content (AvgIpc) is 2.75. The van der Waals surface area contributed by atoms with E-state index in [1.165, 1.54) is 7.11 Å². The van der Waals surface area contributed by atoms with E-state index in [9.17, 15) is 18.4 Å². The normalized spacial score (nSPS) is 20.3. The molecule has 1 aliphatic rings. The third kappa shape index (κ3) is 3.24. The van der Waals surface area contributed by atoms with Gasteiger partial charge in [0.25, 0.3) is 5.91 Å². The summed E-state index contributed by atoms with van der Waals surface area (Å²) in [6.07, 6.45) is -0.288. The highest BCUT2D eigenvalue weighted by atomic mass is 19.3. The molecule has 2 rings (SSSR count). The van der Waals surface area contributed by atoms with E-state index in [2.05, 4.69) is 4.74 Å². The monoisotopic (exact) mass is 313 g/mol. The molecule has 7 heteroatoms. The van der Waals surface area contributed by atoms with Gasteiger partial charge in [-0.25, -0.2) is 4.79 Å². The summed E-state index contributed by atoms with van der Waals surface area (Å²) >= 11 is 0. The Morgan fingerprint density at radius 2 is 2.05 bits per heavy atom. The van der Waals surface area contributed by atoms with Crippen LogP contribution in [-0.4, -0.2) is 54.1 Å². The molecule has 1 fully saturated rings. The fourth-order valence-corrected chi connectivity index (χ4v) is 2.49. The molecule has 22 heavy (non-hydrogen) atoms. The maximum atomic E-state index is 13.4. The number of benzene rings is 1. The summed E-state index contributed by atoms with van der Waals surface area (Å²) in [5.74, 6) is -5.10. The maximum absolute atomic E-state index is 13.4. The number of alkyl halides is 2. The number of aliphatic hydroxyl groups excluding tert-OH is 1. The zero-order valence-electron chi connectivity index (χ0n) is 12.1. The number of carbonyl (C=O) groups is 2. The molecule has 1 unspecified atom stereocenters. The second kappa shape index (κ2) is 6.39. The molecular formula is C15H17F2NO4. The lowest BCUT2D eigenvalue weighted by atomic mass is 10.1. The number of amides is 1. The average molecular weight is 313 g/mol. The first kappa shape index (κ1) is 16.4. The van der Waals surface area contributed by atoms with Crippen molar-refractivity contribution in [2.75, 3.05) is 20.3 Å². The minimum absolute atomic E-state index is 0.0945. The number of nitrogens with zero attached hydrogens (tertiary/aromatic N) is 1. The highest BCUT2D eigenvalue weighted by Gasteiger charge is 2.52. The Morgan fingerprint density at radius 1 is 1.41 bits per heavy atom. The minimum atomic E-state index is -3.40. The first-order chi connectivity index (χ1) is 10.4. The van der Waals surface area contributed by atoms with Crippen LogP contribution in [0, 0.1) is 0 Å². The van der Waals surface area contributed by atoms with Crippen LogP contribution >= 0.6 is 0 Å². The van der Waals surface area contributed by atoms with E-state index in [1.54, 1.807) is 24.3 Å². The van der Waals surface area contributed by atoms with Crippen molar-refractivity contribution in [3.63, 3.8) is 0 Å². The summed E-state index contributed by atoms with van der Waals surface area (Å²) < 4.78 is 31.3. The number of rotatable bonds is 5. The van der Waals surface area contributed by atoms with E-state index in [4.69, 9.17) is 5.11 Å². The van der Waals surface area contributed by atoms with E-state index in [1.807, 2.05) is 0 Å². The van der Waals surface area contributed by atoms with Crippen LogP contribution in [0.4, 0.5) is 8.78 Å². The summed E-state index contributed by atoms with van der Waals surface area (Å²) in [5, 5.41) is 9.13. The first-order valence-corrected chi connectivity index (χ1v) is 6.86. The quantitative estimate of drug-likeness (QED) is 0.831. The van der Waals surface area contributed by atoms with Crippen LogP contribution in [-0.2, 0) is 16.0 Å². The predicted octanol–water partition coefficient (Wildman–Crippen LogP) is 1.24. The number of hydrogen-bond acceptors (Lipinski definition) is 4. The number of halogens is 2. The van der Waals surface area contributed by atoms with Gasteiger partial charge in [0.15, 0.2) is 0 Å². The van der Waals surface area contributed by atoms with Crippen LogP contribution in [0.25, 0.3) is 0 Å². The van der Waals surface area contributed by atoms with Gasteiger partial charge in [0.05, 0.1) is 25.3 Å². The molecule has 1 aliphatic heterocycles. The fourth-order valence-electron chi connectivity index (χ4n) is 2.49. The van der Waals surface area contributed by atoms with Gasteiger partial charge < -0.3 is 14.7 Å². The van der Waals surface area contributed by atoms with Crippen molar-refractivity contribution in [3.8, 4) is 0 Å². The molecule has 5 nitrogen and oxygen atoms in total. The van der Waals surface area contributed by atoms with Crippen LogP contribution in [0.3, 0.4) is 0 Å². The Labute approximate surface area is 126 Å². The van der Waals surface area contributed by atoms with Crippen LogP contribution in [0.1, 0.15) is 22.3 Å². The van der Waals surface area contributed by atoms with Crippen LogP contribution in [0.5, 0.6) is 0 Å². The number of carbonyl (C=O) groups excluding carboxylic acids is 2. The first-order valence-electron chi connectivity index (χ1n) is 6.86. The second-order valence-corrected chi connectivity index (χ2v) is 5.18. The summed E-state index contributed by atoms with van der Waals surface area (Å²) in [4.78, 5) is 23.9. The lowest BCUT2D eigenvalue weighted by molar-refractivity contribution is -0.148. The Balaban J connectivity index is 2.00. The Hall–Kier alpha value is -2.02. The topological polar surface area (TPSA) is 66.8 Å². The molecule has 0 saturated carbocycles. The van der Waals surface area contributed by atoms with Gasteiger partial charge in [-0.2, -0.15) is 8.78 Å². The molecule has 1 saturated heterocycles. The summed E-state index contributed by atoms with van der Waals surface area (Å²) in [7, 11) is 1.28. The number of aliphatic hydroxyl groups is 1. The summed E-state index contributed by atoms with van der Waals surface area (Å²) in [5.41, 5.74) is 1.19. The van der Waals surface area contributed by atoms with Gasteiger partial charge in [0, 0.05) is 13.0 Å². The summed E-state index contributed by atoms with van der Waals surface area (Å²) in [6, 6.07) is 5.66. The van der Waals surface area contributed by atoms with Crippen molar-refractivity contribution >= 4 is 11.9 Å². The number of ether oxygens (including phenoxy) is 1. The molecule has 1 aromatic carbocycles. The third-order valence-electron chi connectivity index (χ3n) is 3.73. The lowest BCUT2D eigenvalue weighted by Gasteiger charge is -2.22. The molecule has 120 valence electrons. The predicted molar refractivity (Wildman–Crippen MR) is 73.6 cm³/mol. The van der Waals surface area contributed by atoms with Gasteiger partial charge in [0.2, 0.25) is 0 Å². The lowest BCUT2D eigenvalue weighted by Crippen LogP contribution is -2.39. The van der Waals surface area contributed by atoms with Crippen molar-refractivity contribution in [2.24, 2.45) is 0 Å². The third-order valence-corrected chi connectivity index (χ3v) is 3.73. The van der Waals surface area contributed by atoms with Gasteiger partial charge in [-0.15, -0.1) is 0 Å². The van der Waals surface area contributed by atoms with Crippen LogP contribution in [0.15, 0.2) is 24.3 Å². The smallest absolute Gasteiger partial charge is 0.337 e. The van der Waals surface area contributed by atoms with Crippen molar-refractivity contribution in [3.05, 3.63) is 35.4 Å². The standard InChI is InChI=1S/C15H17F2NO4/c1-22-13(20)11-4-2-10(3-5-11)6-7-18-12(9-19)8-15(16,17)14(18)21/h2-5,12,19H,6-9H2,1H3. The van der Waals surface area contributed by atoms with Gasteiger partial charge in [-0.05, 0) is 24.1 Å². The van der Waals surface area contributed by atoms with Gasteiger partial charge >= 0.3 is 11.9 Å². The molecule has 1 amide bonds. The Morgan fingerprint density at radius 3 is 2.59 bits per heavy atom. The van der Waals surface area contributed by atoms with Crippen molar-refractivity contribution in [1.82, 2.24) is 4.90 Å². The van der Waals surface area contributed by atoms with E-state index in [-0.39, 0.29) is 6.54 Å². The van der Waals surface area contributed by atoms with E-state index in [0.717, 1.165) is 10.5 Å². The molecule has 1 aromatic rings. The van der Waals surface area contributed by atoms with Crippen molar-refractivity contribution in [2.45, 2.75) is 24.8 Å². The van der Waals surface area contributed by atoms with Crippen molar-refractivity contribution in [1.29, 1.82) is 0 Å². The molecule has 0 aliphatic carbocycles. The summed E-state index contributed by atoms with van der Waals surface area (Å²) in [6.45, 7) is -0.389. The molecule has 1 atom stereocenters. The molecular weight excluding hydrogens is 296 g/mol. The molecule has 0 spiro atoms. The number of hydrogen-bond donors (Lipinski definition) is 1. The van der Waals surface area contributed by atoms with E-state index < -0.39 is 36.9 Å². The van der Waals surface area contributed by atoms with Crippen LogP contribution in [0.2, 0.25) is 0 Å². The number of methoxy groups -OCH3 is 1. The highest BCUT2D eigenvalue weighted by Crippen LogP contribution is 2.33. The van der Waals surface area contributed by atoms with Crippen molar-refractivity contribution < 1.29 is 28.2 Å². The number of esters is 1. The SMILES string of the molecule is COC(=O)c1ccc(CCN2C(=O)C(F)(F)CC2CO)cc1. The second-order valence-electron chi connectivity index (χ2n) is 5.18. The molecule has 0 aromatic heterocycles. The Kier molecular flexibility index (Phi) is 4.75. The Bertz CT molecular complexity index is 559. The van der Waals surface area contributed by atoms with Gasteiger partial charge in [-0.3, -0.25) is 4.79 Å². The zero-order chi connectivity index (χ0) is 16.3. The number of likely N-dealkylation sites (tertiary alicyclic amines) is 1. The van der Waals surface area contributed by atoms with E-state index >= 15 is 0 Å².